The molecule has 3 aliphatic carbocycles. The fraction of sp³-hybridized carbons (Fsp3) is 0.727. The highest BCUT2D eigenvalue weighted by Gasteiger charge is 2.49. The largest absolute Gasteiger partial charge is 0.385 e. The smallest absolute Gasteiger partial charge is 0.0343 e. The van der Waals surface area contributed by atoms with Gasteiger partial charge in [0, 0.05) is 24.8 Å². The lowest BCUT2D eigenvalue weighted by Crippen LogP contribution is -2.58. The highest BCUT2D eigenvalue weighted by Crippen LogP contribution is 2.50. The van der Waals surface area contributed by atoms with Gasteiger partial charge in [-0.15, -0.1) is 12.4 Å². The Balaban J connectivity index is 0.00000157. The number of hydrogen-bond donors (Lipinski definition) is 1. The van der Waals surface area contributed by atoms with Crippen molar-refractivity contribution < 1.29 is 0 Å². The molecular formula is C22H33ClN2. The zero-order valence-corrected chi connectivity index (χ0v) is 16.6. The van der Waals surface area contributed by atoms with Crippen LogP contribution >= 0.6 is 12.4 Å². The highest BCUT2D eigenvalue weighted by molar-refractivity contribution is 5.85. The van der Waals surface area contributed by atoms with Gasteiger partial charge >= 0.3 is 0 Å². The van der Waals surface area contributed by atoms with Crippen LogP contribution in [-0.2, 0) is 11.8 Å². The third-order valence-electron chi connectivity index (χ3n) is 7.61. The Morgan fingerprint density at radius 2 is 1.92 bits per heavy atom. The van der Waals surface area contributed by atoms with Crippen LogP contribution in [0.5, 0.6) is 0 Å². The predicted molar refractivity (Wildman–Crippen MR) is 108 cm³/mol. The molecule has 1 heterocycles. The molecule has 1 aromatic carbocycles. The van der Waals surface area contributed by atoms with Crippen LogP contribution in [0, 0.1) is 17.8 Å². The van der Waals surface area contributed by atoms with E-state index in [9.17, 15) is 0 Å². The second-order valence-electron chi connectivity index (χ2n) is 9.36. The Kier molecular flexibility index (Phi) is 4.57. The molecule has 3 heteroatoms. The standard InChI is InChI=1S/C22H32N2.ClH/c1-15-21-11-18-7-8-19(23-13-16-3-4-16)12-20(18)22(15,2)9-10-24(21)14-17-5-6-17;/h7-8,12,15-17,21,23H,3-6,9-11,13-14H2,1-2H3;1H/t15-,21-,22-;/m1./s1. The first-order valence-electron chi connectivity index (χ1n) is 10.2. The van der Waals surface area contributed by atoms with Crippen molar-refractivity contribution in [3.05, 3.63) is 29.3 Å². The van der Waals surface area contributed by atoms with Gasteiger partial charge in [-0.3, -0.25) is 4.90 Å². The molecule has 1 aromatic rings. The van der Waals surface area contributed by atoms with E-state index in [2.05, 4.69) is 42.3 Å². The lowest BCUT2D eigenvalue weighted by molar-refractivity contribution is 0.0284. The number of piperidine rings is 1. The highest BCUT2D eigenvalue weighted by atomic mass is 35.5. The molecule has 2 bridgehead atoms. The van der Waals surface area contributed by atoms with Crippen LogP contribution in [0.25, 0.3) is 0 Å². The minimum atomic E-state index is 0. The van der Waals surface area contributed by atoms with Crippen LogP contribution in [0.4, 0.5) is 5.69 Å². The van der Waals surface area contributed by atoms with Crippen molar-refractivity contribution in [3.8, 4) is 0 Å². The molecule has 1 aliphatic heterocycles. The van der Waals surface area contributed by atoms with Crippen molar-refractivity contribution in [1.82, 2.24) is 4.90 Å². The van der Waals surface area contributed by atoms with Crippen LogP contribution in [-0.4, -0.2) is 30.6 Å². The van der Waals surface area contributed by atoms with Gasteiger partial charge in [0.05, 0.1) is 0 Å². The van der Waals surface area contributed by atoms with E-state index in [1.165, 1.54) is 63.8 Å². The molecule has 3 atom stereocenters. The van der Waals surface area contributed by atoms with Crippen LogP contribution < -0.4 is 5.32 Å². The molecule has 3 fully saturated rings. The summed E-state index contributed by atoms with van der Waals surface area (Å²) in [4.78, 5) is 2.84. The minimum absolute atomic E-state index is 0. The average molecular weight is 361 g/mol. The maximum atomic E-state index is 3.70. The van der Waals surface area contributed by atoms with E-state index in [-0.39, 0.29) is 12.4 Å². The molecule has 25 heavy (non-hydrogen) atoms. The number of halogens is 1. The summed E-state index contributed by atoms with van der Waals surface area (Å²) in [7, 11) is 0. The molecule has 4 aliphatic rings. The molecule has 0 radical (unpaired) electrons. The van der Waals surface area contributed by atoms with Crippen molar-refractivity contribution in [2.75, 3.05) is 25.0 Å². The summed E-state index contributed by atoms with van der Waals surface area (Å²) < 4.78 is 0. The summed E-state index contributed by atoms with van der Waals surface area (Å²) in [5.74, 6) is 2.72. The Labute approximate surface area is 159 Å². The van der Waals surface area contributed by atoms with Crippen LogP contribution in [0.1, 0.15) is 57.1 Å². The predicted octanol–water partition coefficient (Wildman–Crippen LogP) is 4.86. The van der Waals surface area contributed by atoms with Crippen LogP contribution in [0.15, 0.2) is 18.2 Å². The summed E-state index contributed by atoms with van der Waals surface area (Å²) >= 11 is 0. The lowest BCUT2D eigenvalue weighted by atomic mass is 9.59. The number of rotatable bonds is 5. The Morgan fingerprint density at radius 3 is 2.64 bits per heavy atom. The second-order valence-corrected chi connectivity index (χ2v) is 9.36. The van der Waals surface area contributed by atoms with E-state index in [0.717, 1.165) is 23.8 Å². The first-order chi connectivity index (χ1) is 11.6. The Bertz CT molecular complexity index is 637. The van der Waals surface area contributed by atoms with Gasteiger partial charge in [0.25, 0.3) is 0 Å². The molecule has 0 unspecified atom stereocenters. The van der Waals surface area contributed by atoms with Gasteiger partial charge in [-0.1, -0.05) is 19.9 Å². The maximum Gasteiger partial charge on any atom is 0.0343 e. The average Bonchev–Trinajstić information content (AvgIpc) is 3.47. The maximum absolute atomic E-state index is 3.70. The van der Waals surface area contributed by atoms with Crippen molar-refractivity contribution in [1.29, 1.82) is 0 Å². The zero-order chi connectivity index (χ0) is 16.3. The number of nitrogens with one attached hydrogen (secondary N) is 1. The number of benzene rings is 1. The Hall–Kier alpha value is -0.730. The molecular weight excluding hydrogens is 328 g/mol. The number of likely N-dealkylation sites (tertiary alicyclic amines) is 1. The monoisotopic (exact) mass is 360 g/mol. The fourth-order valence-electron chi connectivity index (χ4n) is 5.26. The van der Waals surface area contributed by atoms with Gasteiger partial charge in [0.15, 0.2) is 0 Å². The molecule has 1 N–H and O–H groups in total. The summed E-state index contributed by atoms with van der Waals surface area (Å²) in [6.45, 7) is 8.91. The molecule has 0 spiro atoms. The molecule has 1 saturated heterocycles. The summed E-state index contributed by atoms with van der Waals surface area (Å²) in [6, 6.07) is 8.03. The topological polar surface area (TPSA) is 15.3 Å². The van der Waals surface area contributed by atoms with Crippen molar-refractivity contribution >= 4 is 18.1 Å². The number of fused-ring (bicyclic) bond motifs is 4. The van der Waals surface area contributed by atoms with E-state index >= 15 is 0 Å². The van der Waals surface area contributed by atoms with Crippen LogP contribution in [0.3, 0.4) is 0 Å². The van der Waals surface area contributed by atoms with Gasteiger partial charge in [0.1, 0.15) is 0 Å². The summed E-state index contributed by atoms with van der Waals surface area (Å²) in [6.07, 6.45) is 8.39. The summed E-state index contributed by atoms with van der Waals surface area (Å²) in [5, 5.41) is 3.70. The molecule has 2 nitrogen and oxygen atoms in total. The fourth-order valence-corrected chi connectivity index (χ4v) is 5.26. The normalized spacial score (nSPS) is 34.2. The molecule has 0 amide bonds. The van der Waals surface area contributed by atoms with Crippen molar-refractivity contribution in [3.63, 3.8) is 0 Å². The zero-order valence-electron chi connectivity index (χ0n) is 15.8. The first kappa shape index (κ1) is 17.7. The SMILES string of the molecule is C[C@@H]1[C@H]2Cc3ccc(NCC4CC4)cc3[C@]1(C)CCN2CC1CC1.Cl. The Morgan fingerprint density at radius 1 is 1.16 bits per heavy atom. The number of hydrogen-bond acceptors (Lipinski definition) is 2. The molecule has 5 rings (SSSR count). The van der Waals surface area contributed by atoms with Gasteiger partial charge < -0.3 is 5.32 Å². The number of nitrogens with zero attached hydrogens (tertiary/aromatic N) is 1. The minimum Gasteiger partial charge on any atom is -0.385 e. The molecule has 0 aromatic heterocycles. The van der Waals surface area contributed by atoms with E-state index in [4.69, 9.17) is 0 Å². The van der Waals surface area contributed by atoms with Gasteiger partial charge in [-0.2, -0.15) is 0 Å². The third kappa shape index (κ3) is 3.21. The van der Waals surface area contributed by atoms with E-state index in [0.29, 0.717) is 5.41 Å². The molecule has 2 saturated carbocycles. The first-order valence-corrected chi connectivity index (χ1v) is 10.2. The van der Waals surface area contributed by atoms with E-state index < -0.39 is 0 Å². The van der Waals surface area contributed by atoms with E-state index in [1.54, 1.807) is 11.1 Å². The quantitative estimate of drug-likeness (QED) is 0.806. The number of anilines is 1. The van der Waals surface area contributed by atoms with Gasteiger partial charge in [-0.05, 0) is 91.5 Å². The van der Waals surface area contributed by atoms with E-state index in [1.807, 2.05) is 0 Å². The van der Waals surface area contributed by atoms with Crippen molar-refractivity contribution in [2.24, 2.45) is 17.8 Å². The van der Waals surface area contributed by atoms with Gasteiger partial charge in [0.2, 0.25) is 0 Å². The lowest BCUT2D eigenvalue weighted by Gasteiger charge is -2.55. The van der Waals surface area contributed by atoms with Gasteiger partial charge in [-0.25, -0.2) is 0 Å². The third-order valence-corrected chi connectivity index (χ3v) is 7.61. The van der Waals surface area contributed by atoms with Crippen molar-refractivity contribution in [2.45, 2.75) is 63.8 Å². The molecule has 138 valence electrons. The van der Waals surface area contributed by atoms with Crippen LogP contribution in [0.2, 0.25) is 0 Å². The second kappa shape index (κ2) is 6.46. The summed E-state index contributed by atoms with van der Waals surface area (Å²) in [5.41, 5.74) is 5.00.